The second-order valence-electron chi connectivity index (χ2n) is 5.66. The van der Waals surface area contributed by atoms with Crippen LogP contribution in [-0.4, -0.2) is 38.2 Å². The van der Waals surface area contributed by atoms with Crippen molar-refractivity contribution in [3.8, 4) is 5.75 Å². The summed E-state index contributed by atoms with van der Waals surface area (Å²) >= 11 is 0. The van der Waals surface area contributed by atoms with E-state index in [9.17, 15) is 14.4 Å². The zero-order valence-electron chi connectivity index (χ0n) is 15.2. The van der Waals surface area contributed by atoms with Gasteiger partial charge in [0.2, 0.25) is 0 Å². The minimum atomic E-state index is -0.573. The van der Waals surface area contributed by atoms with Gasteiger partial charge in [0.05, 0.1) is 31.4 Å². The molecule has 27 heavy (non-hydrogen) atoms. The zero-order valence-corrected chi connectivity index (χ0v) is 15.2. The minimum absolute atomic E-state index is 0.0139. The van der Waals surface area contributed by atoms with Crippen molar-refractivity contribution >= 4 is 23.5 Å². The number of rotatable bonds is 8. The van der Waals surface area contributed by atoms with Gasteiger partial charge in [-0.05, 0) is 36.8 Å². The number of aryl methyl sites for hydroxylation is 1. The number of nitrogens with one attached hydrogen (secondary N) is 1. The first kappa shape index (κ1) is 20.0. The Morgan fingerprint density at radius 1 is 1.04 bits per heavy atom. The van der Waals surface area contributed by atoms with E-state index >= 15 is 0 Å². The van der Waals surface area contributed by atoms with E-state index in [1.807, 2.05) is 25.1 Å². The van der Waals surface area contributed by atoms with Crippen LogP contribution in [0, 0.1) is 6.92 Å². The van der Waals surface area contributed by atoms with E-state index in [2.05, 4.69) is 10.1 Å². The van der Waals surface area contributed by atoms with Crippen molar-refractivity contribution in [1.29, 1.82) is 0 Å². The molecule has 0 heterocycles. The lowest BCUT2D eigenvalue weighted by atomic mass is 10.2. The minimum Gasteiger partial charge on any atom is -0.493 e. The molecule has 1 N–H and O–H groups in total. The van der Waals surface area contributed by atoms with E-state index in [4.69, 9.17) is 9.47 Å². The van der Waals surface area contributed by atoms with Gasteiger partial charge in [0, 0.05) is 0 Å². The molecule has 0 bridgehead atoms. The zero-order chi connectivity index (χ0) is 19.6. The number of hydrogen-bond donors (Lipinski definition) is 1. The third-order valence-corrected chi connectivity index (χ3v) is 3.54. The Balaban J connectivity index is 1.75. The van der Waals surface area contributed by atoms with Gasteiger partial charge in [-0.25, -0.2) is 4.79 Å². The highest BCUT2D eigenvalue weighted by Crippen LogP contribution is 2.16. The lowest BCUT2D eigenvalue weighted by Gasteiger charge is -2.10. The number of carbonyl (C=O) groups is 3. The van der Waals surface area contributed by atoms with Gasteiger partial charge < -0.3 is 19.5 Å². The molecule has 1 amide bonds. The third kappa shape index (κ3) is 6.47. The summed E-state index contributed by atoms with van der Waals surface area (Å²) in [7, 11) is 1.25. The fourth-order valence-corrected chi connectivity index (χ4v) is 2.24. The Kier molecular flexibility index (Phi) is 7.37. The first-order valence-corrected chi connectivity index (χ1v) is 8.32. The molecule has 0 radical (unpaired) electrons. The van der Waals surface area contributed by atoms with E-state index in [1.54, 1.807) is 24.3 Å². The predicted molar refractivity (Wildman–Crippen MR) is 98.7 cm³/mol. The van der Waals surface area contributed by atoms with Crippen LogP contribution in [0.2, 0.25) is 0 Å². The molecule has 0 saturated heterocycles. The summed E-state index contributed by atoms with van der Waals surface area (Å²) < 4.78 is 15.0. The maximum absolute atomic E-state index is 11.9. The Hall–Kier alpha value is -3.35. The Morgan fingerprint density at radius 2 is 1.81 bits per heavy atom. The monoisotopic (exact) mass is 371 g/mol. The van der Waals surface area contributed by atoms with E-state index in [0.717, 1.165) is 5.56 Å². The fraction of sp³-hybridized carbons (Fsp3) is 0.250. The van der Waals surface area contributed by atoms with Crippen LogP contribution in [0.4, 0.5) is 5.69 Å². The van der Waals surface area contributed by atoms with E-state index in [-0.39, 0.29) is 24.3 Å². The summed E-state index contributed by atoms with van der Waals surface area (Å²) in [6.45, 7) is 1.63. The first-order chi connectivity index (χ1) is 13.0. The molecule has 0 spiro atoms. The Bertz CT molecular complexity index is 818. The maximum Gasteiger partial charge on any atom is 0.339 e. The summed E-state index contributed by atoms with van der Waals surface area (Å²) in [4.78, 5) is 35.3. The van der Waals surface area contributed by atoms with Gasteiger partial charge in [0.1, 0.15) is 5.75 Å². The van der Waals surface area contributed by atoms with Crippen LogP contribution in [0.3, 0.4) is 0 Å². The normalized spacial score (nSPS) is 10.0. The summed E-state index contributed by atoms with van der Waals surface area (Å²) in [5.74, 6) is -1.02. The molecule has 2 aromatic rings. The second-order valence-corrected chi connectivity index (χ2v) is 5.66. The molecule has 0 aliphatic heterocycles. The Morgan fingerprint density at radius 3 is 2.56 bits per heavy atom. The fourth-order valence-electron chi connectivity index (χ4n) is 2.24. The molecule has 0 unspecified atom stereocenters. The molecule has 0 aromatic heterocycles. The molecule has 0 aliphatic carbocycles. The average Bonchev–Trinajstić information content (AvgIpc) is 2.66. The number of hydrogen-bond acceptors (Lipinski definition) is 6. The Labute approximate surface area is 157 Å². The van der Waals surface area contributed by atoms with Crippen LogP contribution in [-0.2, 0) is 19.1 Å². The smallest absolute Gasteiger partial charge is 0.339 e. The number of para-hydroxylation sites is 1. The van der Waals surface area contributed by atoms with Crippen LogP contribution in [0.15, 0.2) is 48.5 Å². The first-order valence-electron chi connectivity index (χ1n) is 8.32. The van der Waals surface area contributed by atoms with Crippen molar-refractivity contribution in [2.45, 2.75) is 13.3 Å². The summed E-state index contributed by atoms with van der Waals surface area (Å²) in [6.07, 6.45) is 0.0139. The molecule has 0 fully saturated rings. The molecular weight excluding hydrogens is 350 g/mol. The highest BCUT2D eigenvalue weighted by Gasteiger charge is 2.14. The van der Waals surface area contributed by atoms with Gasteiger partial charge >= 0.3 is 11.9 Å². The molecule has 7 heteroatoms. The lowest BCUT2D eigenvalue weighted by molar-refractivity contribution is -0.147. The van der Waals surface area contributed by atoms with Crippen molar-refractivity contribution in [2.24, 2.45) is 0 Å². The van der Waals surface area contributed by atoms with Gasteiger partial charge in [0.25, 0.3) is 5.91 Å². The molecule has 142 valence electrons. The number of benzene rings is 2. The van der Waals surface area contributed by atoms with Gasteiger partial charge in [-0.3, -0.25) is 9.59 Å². The van der Waals surface area contributed by atoms with Crippen LogP contribution in [0.5, 0.6) is 5.75 Å². The molecule has 7 nitrogen and oxygen atoms in total. The predicted octanol–water partition coefficient (Wildman–Crippen LogP) is 2.73. The van der Waals surface area contributed by atoms with Crippen LogP contribution in [0.25, 0.3) is 0 Å². The molecule has 0 aliphatic rings. The van der Waals surface area contributed by atoms with Crippen molar-refractivity contribution in [3.05, 3.63) is 59.7 Å². The summed E-state index contributed by atoms with van der Waals surface area (Å²) in [5.41, 5.74) is 1.55. The number of esters is 2. The quantitative estimate of drug-likeness (QED) is 0.718. The number of ether oxygens (including phenoxy) is 3. The highest BCUT2D eigenvalue weighted by molar-refractivity contribution is 6.01. The van der Waals surface area contributed by atoms with Gasteiger partial charge in [-0.15, -0.1) is 0 Å². The van der Waals surface area contributed by atoms with E-state index in [1.165, 1.54) is 13.2 Å². The van der Waals surface area contributed by atoms with Crippen LogP contribution in [0.1, 0.15) is 22.3 Å². The number of carbonyl (C=O) groups excluding carboxylic acids is 3. The topological polar surface area (TPSA) is 90.9 Å². The standard InChI is InChI=1S/C20H21NO6/c1-14-6-5-7-15(12-14)26-11-10-19(23)27-13-18(22)21-17-9-4-3-8-16(17)20(24)25-2/h3-9,12H,10-11,13H2,1-2H3,(H,21,22). The number of methoxy groups -OCH3 is 1. The van der Waals surface area contributed by atoms with Crippen molar-refractivity contribution in [1.82, 2.24) is 0 Å². The number of amides is 1. The second kappa shape index (κ2) is 9.96. The molecular formula is C20H21NO6. The highest BCUT2D eigenvalue weighted by atomic mass is 16.5. The van der Waals surface area contributed by atoms with E-state index in [0.29, 0.717) is 5.75 Å². The van der Waals surface area contributed by atoms with Crippen molar-refractivity contribution in [3.63, 3.8) is 0 Å². The third-order valence-electron chi connectivity index (χ3n) is 3.54. The maximum atomic E-state index is 11.9. The van der Waals surface area contributed by atoms with E-state index < -0.39 is 24.5 Å². The SMILES string of the molecule is COC(=O)c1ccccc1NC(=O)COC(=O)CCOc1cccc(C)c1. The summed E-state index contributed by atoms with van der Waals surface area (Å²) in [6, 6.07) is 13.9. The van der Waals surface area contributed by atoms with Gasteiger partial charge in [0.15, 0.2) is 6.61 Å². The van der Waals surface area contributed by atoms with Crippen LogP contribution < -0.4 is 10.1 Å². The van der Waals surface area contributed by atoms with Crippen LogP contribution >= 0.6 is 0 Å². The van der Waals surface area contributed by atoms with Gasteiger partial charge in [-0.1, -0.05) is 24.3 Å². The lowest BCUT2D eigenvalue weighted by Crippen LogP contribution is -2.22. The van der Waals surface area contributed by atoms with Crippen molar-refractivity contribution < 1.29 is 28.6 Å². The molecule has 2 rings (SSSR count). The van der Waals surface area contributed by atoms with Crippen molar-refractivity contribution in [2.75, 3.05) is 25.6 Å². The molecule has 0 saturated carbocycles. The largest absolute Gasteiger partial charge is 0.493 e. The summed E-state index contributed by atoms with van der Waals surface area (Å²) in [5, 5.41) is 2.52. The average molecular weight is 371 g/mol. The molecule has 2 aromatic carbocycles. The number of anilines is 1. The molecule has 0 atom stereocenters. The van der Waals surface area contributed by atoms with Gasteiger partial charge in [-0.2, -0.15) is 0 Å².